The van der Waals surface area contributed by atoms with Crippen molar-refractivity contribution in [1.82, 2.24) is 4.98 Å². The number of nitrogens with zero attached hydrogens (tertiary/aromatic N) is 1. The lowest BCUT2D eigenvalue weighted by Crippen LogP contribution is -2.04. The maximum Gasteiger partial charge on any atom is 0.125 e. The molecule has 3 nitrogen and oxygen atoms in total. The predicted octanol–water partition coefficient (Wildman–Crippen LogP) is 1.44. The van der Waals surface area contributed by atoms with Crippen molar-refractivity contribution < 1.29 is 0 Å². The van der Waals surface area contributed by atoms with Gasteiger partial charge in [-0.05, 0) is 6.07 Å². The van der Waals surface area contributed by atoms with Gasteiger partial charge in [-0.1, -0.05) is 5.92 Å². The number of thioether (sulfide) groups is 1. The van der Waals surface area contributed by atoms with Crippen molar-refractivity contribution in [3.8, 4) is 12.3 Å². The standard InChI is InChI=1S/C10H13N3S/c1-2-6-14-7-5-12-9-3-4-13-10(11)8-9/h1,3-4,8H,5-7H2,(H3,11,12,13). The highest BCUT2D eigenvalue weighted by Gasteiger charge is 1.92. The van der Waals surface area contributed by atoms with Crippen LogP contribution in [0.3, 0.4) is 0 Å². The van der Waals surface area contributed by atoms with Crippen LogP contribution in [0.1, 0.15) is 0 Å². The van der Waals surface area contributed by atoms with Gasteiger partial charge in [0.1, 0.15) is 5.82 Å². The van der Waals surface area contributed by atoms with Gasteiger partial charge in [-0.2, -0.15) is 0 Å². The molecule has 0 saturated heterocycles. The zero-order valence-electron chi connectivity index (χ0n) is 7.86. The Labute approximate surface area is 88.5 Å². The molecule has 0 radical (unpaired) electrons. The van der Waals surface area contributed by atoms with E-state index in [1.165, 1.54) is 0 Å². The van der Waals surface area contributed by atoms with Crippen LogP contribution in [0.15, 0.2) is 18.3 Å². The summed E-state index contributed by atoms with van der Waals surface area (Å²) in [6, 6.07) is 3.70. The molecule has 3 N–H and O–H groups in total. The van der Waals surface area contributed by atoms with Crippen molar-refractivity contribution in [2.75, 3.05) is 29.1 Å². The molecule has 0 bridgehead atoms. The van der Waals surface area contributed by atoms with E-state index in [1.807, 2.05) is 12.1 Å². The number of terminal acetylenes is 1. The van der Waals surface area contributed by atoms with E-state index >= 15 is 0 Å². The first-order valence-corrected chi connectivity index (χ1v) is 5.45. The number of nitrogens with two attached hydrogens (primary N) is 1. The van der Waals surface area contributed by atoms with E-state index in [0.29, 0.717) is 5.82 Å². The smallest absolute Gasteiger partial charge is 0.125 e. The molecule has 4 heteroatoms. The predicted molar refractivity (Wildman–Crippen MR) is 63.3 cm³/mol. The fourth-order valence-electron chi connectivity index (χ4n) is 0.957. The molecule has 0 aliphatic rings. The average molecular weight is 207 g/mol. The lowest BCUT2D eigenvalue weighted by atomic mass is 10.4. The van der Waals surface area contributed by atoms with Crippen LogP contribution in [0.2, 0.25) is 0 Å². The Hall–Kier alpha value is -1.34. The normalized spacial score (nSPS) is 9.36. The highest BCUT2D eigenvalue weighted by molar-refractivity contribution is 7.99. The van der Waals surface area contributed by atoms with Gasteiger partial charge in [-0.3, -0.25) is 0 Å². The first kappa shape index (κ1) is 10.7. The number of anilines is 2. The molecule has 14 heavy (non-hydrogen) atoms. The van der Waals surface area contributed by atoms with E-state index in [0.717, 1.165) is 23.7 Å². The number of aromatic nitrogens is 1. The van der Waals surface area contributed by atoms with Gasteiger partial charge >= 0.3 is 0 Å². The van der Waals surface area contributed by atoms with Gasteiger partial charge in [0, 0.05) is 30.2 Å². The van der Waals surface area contributed by atoms with E-state index in [1.54, 1.807) is 18.0 Å². The highest BCUT2D eigenvalue weighted by Crippen LogP contribution is 2.08. The van der Waals surface area contributed by atoms with Crippen LogP contribution in [0.25, 0.3) is 0 Å². The minimum atomic E-state index is 0.534. The zero-order chi connectivity index (χ0) is 10.2. The highest BCUT2D eigenvalue weighted by atomic mass is 32.2. The van der Waals surface area contributed by atoms with E-state index in [4.69, 9.17) is 12.2 Å². The molecule has 0 aliphatic carbocycles. The van der Waals surface area contributed by atoms with E-state index < -0.39 is 0 Å². The lowest BCUT2D eigenvalue weighted by molar-refractivity contribution is 1.22. The van der Waals surface area contributed by atoms with Crippen molar-refractivity contribution in [2.24, 2.45) is 0 Å². The van der Waals surface area contributed by atoms with Gasteiger partial charge in [-0.15, -0.1) is 18.2 Å². The lowest BCUT2D eigenvalue weighted by Gasteiger charge is -2.05. The number of pyridine rings is 1. The molecule has 1 aromatic heterocycles. The molecule has 74 valence electrons. The van der Waals surface area contributed by atoms with Crippen LogP contribution >= 0.6 is 11.8 Å². The number of rotatable bonds is 5. The fraction of sp³-hybridized carbons (Fsp3) is 0.300. The van der Waals surface area contributed by atoms with Gasteiger partial charge < -0.3 is 11.1 Å². The molecule has 0 atom stereocenters. The molecule has 1 aromatic rings. The Kier molecular flexibility index (Phi) is 4.73. The number of nitrogen functional groups attached to an aromatic ring is 1. The van der Waals surface area contributed by atoms with Crippen LogP contribution in [0.5, 0.6) is 0 Å². The van der Waals surface area contributed by atoms with Crippen LogP contribution in [-0.4, -0.2) is 23.0 Å². The summed E-state index contributed by atoms with van der Waals surface area (Å²) in [5.41, 5.74) is 6.53. The molecule has 0 fully saturated rings. The monoisotopic (exact) mass is 207 g/mol. The number of nitrogens with one attached hydrogen (secondary N) is 1. The summed E-state index contributed by atoms with van der Waals surface area (Å²) in [6.07, 6.45) is 6.81. The Morgan fingerprint density at radius 3 is 3.21 bits per heavy atom. The van der Waals surface area contributed by atoms with Gasteiger partial charge in [0.05, 0.1) is 5.75 Å². The third-order valence-electron chi connectivity index (χ3n) is 1.54. The van der Waals surface area contributed by atoms with Gasteiger partial charge in [0.25, 0.3) is 0 Å². The zero-order valence-corrected chi connectivity index (χ0v) is 8.68. The summed E-state index contributed by atoms with van der Waals surface area (Å²) in [5, 5.41) is 3.23. The third kappa shape index (κ3) is 4.06. The van der Waals surface area contributed by atoms with E-state index in [2.05, 4.69) is 16.2 Å². The molecule has 0 saturated carbocycles. The second kappa shape index (κ2) is 6.17. The summed E-state index contributed by atoms with van der Waals surface area (Å²) < 4.78 is 0. The van der Waals surface area contributed by atoms with Crippen LogP contribution < -0.4 is 11.1 Å². The topological polar surface area (TPSA) is 50.9 Å². The summed E-state index contributed by atoms with van der Waals surface area (Å²) in [5.74, 6) is 4.87. The Bertz CT molecular complexity index is 319. The van der Waals surface area contributed by atoms with Crippen molar-refractivity contribution in [2.45, 2.75) is 0 Å². The summed E-state index contributed by atoms with van der Waals surface area (Å²) >= 11 is 1.73. The molecule has 0 aromatic carbocycles. The number of hydrogen-bond donors (Lipinski definition) is 2. The maximum absolute atomic E-state index is 5.53. The SMILES string of the molecule is C#CCSCCNc1ccnc(N)c1. The molecule has 1 rings (SSSR count). The van der Waals surface area contributed by atoms with Crippen molar-refractivity contribution >= 4 is 23.3 Å². The van der Waals surface area contributed by atoms with Gasteiger partial charge in [-0.25, -0.2) is 4.98 Å². The van der Waals surface area contributed by atoms with Crippen molar-refractivity contribution in [3.05, 3.63) is 18.3 Å². The molecule has 0 unspecified atom stereocenters. The molecule has 0 spiro atoms. The van der Waals surface area contributed by atoms with Crippen molar-refractivity contribution in [3.63, 3.8) is 0 Å². The maximum atomic E-state index is 5.53. The minimum absolute atomic E-state index is 0.534. The quantitative estimate of drug-likeness (QED) is 0.566. The van der Waals surface area contributed by atoms with Gasteiger partial charge in [0.15, 0.2) is 0 Å². The minimum Gasteiger partial charge on any atom is -0.384 e. The van der Waals surface area contributed by atoms with Crippen LogP contribution in [-0.2, 0) is 0 Å². The first-order valence-electron chi connectivity index (χ1n) is 4.29. The second-order valence-corrected chi connectivity index (χ2v) is 3.76. The largest absolute Gasteiger partial charge is 0.384 e. The molecule has 0 amide bonds. The summed E-state index contributed by atoms with van der Waals surface area (Å²) in [4.78, 5) is 3.90. The Morgan fingerprint density at radius 2 is 2.50 bits per heavy atom. The second-order valence-electron chi connectivity index (χ2n) is 2.65. The fourth-order valence-corrected chi connectivity index (χ4v) is 1.47. The van der Waals surface area contributed by atoms with Crippen LogP contribution in [0, 0.1) is 12.3 Å². The number of hydrogen-bond acceptors (Lipinski definition) is 4. The molecular formula is C10H13N3S. The van der Waals surface area contributed by atoms with E-state index in [-0.39, 0.29) is 0 Å². The molecule has 1 heterocycles. The summed E-state index contributed by atoms with van der Waals surface area (Å²) in [6.45, 7) is 0.885. The third-order valence-corrected chi connectivity index (χ3v) is 2.41. The van der Waals surface area contributed by atoms with Gasteiger partial charge in [0.2, 0.25) is 0 Å². The van der Waals surface area contributed by atoms with E-state index in [9.17, 15) is 0 Å². The molecule has 0 aliphatic heterocycles. The van der Waals surface area contributed by atoms with Crippen molar-refractivity contribution in [1.29, 1.82) is 0 Å². The van der Waals surface area contributed by atoms with Crippen LogP contribution in [0.4, 0.5) is 11.5 Å². The summed E-state index contributed by atoms with van der Waals surface area (Å²) in [7, 11) is 0. The molecular weight excluding hydrogens is 194 g/mol. The Morgan fingerprint density at radius 1 is 1.64 bits per heavy atom. The average Bonchev–Trinajstić information content (AvgIpc) is 2.18. The Balaban J connectivity index is 2.22. The first-order chi connectivity index (χ1) is 6.83.